The molecule has 1 aliphatic heterocycles. The van der Waals surface area contributed by atoms with Crippen molar-refractivity contribution in [2.45, 2.75) is 48.5 Å². The highest BCUT2D eigenvalue weighted by atomic mass is 32.2. The first-order valence-electron chi connectivity index (χ1n) is 12.4. The highest BCUT2D eigenvalue weighted by Crippen LogP contribution is 2.56. The zero-order valence-corrected chi connectivity index (χ0v) is 21.8. The highest BCUT2D eigenvalue weighted by Gasteiger charge is 2.49. The van der Waals surface area contributed by atoms with Gasteiger partial charge in [0, 0.05) is 41.5 Å². The molecular formula is C27H33F2N5O2S. The second-order valence-corrected chi connectivity index (χ2v) is 10.8. The van der Waals surface area contributed by atoms with Crippen LogP contribution in [0.15, 0.2) is 70.2 Å². The first-order valence-corrected chi connectivity index (χ1v) is 13.2. The lowest BCUT2D eigenvalue weighted by atomic mass is 10.1. The Hall–Kier alpha value is -3.11. The van der Waals surface area contributed by atoms with Gasteiger partial charge in [0.1, 0.15) is 24.5 Å². The summed E-state index contributed by atoms with van der Waals surface area (Å²) in [5, 5.41) is 18.4. The fraction of sp³-hybridized carbons (Fsp3) is 0.407. The van der Waals surface area contributed by atoms with Crippen molar-refractivity contribution < 1.29 is 18.7 Å². The molecule has 2 amide bonds. The van der Waals surface area contributed by atoms with E-state index in [1.165, 1.54) is 6.07 Å². The van der Waals surface area contributed by atoms with E-state index in [2.05, 4.69) is 40.8 Å². The van der Waals surface area contributed by atoms with Gasteiger partial charge in [0.25, 0.3) is 0 Å². The molecule has 0 radical (unpaired) electrons. The number of aliphatic hydroxyl groups excluding tert-OH is 1. The number of thioether (sulfide) groups is 1. The smallest absolute Gasteiger partial charge is 0.319 e. The minimum Gasteiger partial charge on any atom is -0.395 e. The zero-order valence-electron chi connectivity index (χ0n) is 21.0. The summed E-state index contributed by atoms with van der Waals surface area (Å²) in [5.41, 5.74) is 2.51. The van der Waals surface area contributed by atoms with Crippen LogP contribution in [0.25, 0.3) is 0 Å². The summed E-state index contributed by atoms with van der Waals surface area (Å²) in [7, 11) is 0. The lowest BCUT2D eigenvalue weighted by molar-refractivity contribution is 0.230. The van der Waals surface area contributed by atoms with E-state index in [0.29, 0.717) is 12.2 Å². The van der Waals surface area contributed by atoms with Crippen LogP contribution in [0, 0.1) is 5.82 Å². The van der Waals surface area contributed by atoms with Gasteiger partial charge >= 0.3 is 6.03 Å². The quantitative estimate of drug-likeness (QED) is 0.354. The third-order valence-corrected chi connectivity index (χ3v) is 7.76. The molecule has 1 aliphatic carbocycles. The molecule has 0 spiro atoms. The molecule has 10 heteroatoms. The van der Waals surface area contributed by atoms with Crippen molar-refractivity contribution in [3.63, 3.8) is 0 Å². The van der Waals surface area contributed by atoms with Gasteiger partial charge in [-0.3, -0.25) is 0 Å². The van der Waals surface area contributed by atoms with E-state index in [0.717, 1.165) is 34.8 Å². The molecule has 4 N–H and O–H groups in total. The second-order valence-electron chi connectivity index (χ2n) is 9.35. The Labute approximate surface area is 220 Å². The molecule has 2 aromatic rings. The van der Waals surface area contributed by atoms with Gasteiger partial charge in [-0.25, -0.2) is 18.6 Å². The number of amides is 2. The molecule has 1 saturated carbocycles. The number of urea groups is 1. The maximum atomic E-state index is 13.9. The Morgan fingerprint density at radius 1 is 1.27 bits per heavy atom. The fourth-order valence-corrected chi connectivity index (χ4v) is 5.53. The predicted molar refractivity (Wildman–Crippen MR) is 144 cm³/mol. The number of hydrogen-bond acceptors (Lipinski definition) is 6. The fourth-order valence-electron chi connectivity index (χ4n) is 4.22. The average Bonchev–Trinajstić information content (AvgIpc) is 3.66. The summed E-state index contributed by atoms with van der Waals surface area (Å²) in [5.74, 6) is 0.522. The summed E-state index contributed by atoms with van der Waals surface area (Å²) in [6.45, 7) is 3.91. The first-order chi connectivity index (χ1) is 17.8. The molecule has 1 fully saturated rings. The molecule has 1 heterocycles. The molecule has 1 unspecified atom stereocenters. The molecule has 1 atom stereocenters. The SMILES string of the molecule is CC(C)N(CCO)C1=NC(c2ccc(NC(=O)NCCF)cc2)NC(C2(Sc3cccc(F)c3)CC2)=C1. The summed E-state index contributed by atoms with van der Waals surface area (Å²) < 4.78 is 26.0. The Bertz CT molecular complexity index is 1150. The van der Waals surface area contributed by atoms with Gasteiger partial charge < -0.3 is 26.0 Å². The molecule has 2 aromatic carbocycles. The second kappa shape index (κ2) is 12.0. The maximum absolute atomic E-state index is 13.9. The third-order valence-electron chi connectivity index (χ3n) is 6.25. The zero-order chi connectivity index (χ0) is 26.4. The number of rotatable bonds is 10. The summed E-state index contributed by atoms with van der Waals surface area (Å²) in [4.78, 5) is 19.8. The van der Waals surface area contributed by atoms with Gasteiger partial charge in [0.15, 0.2) is 0 Å². The highest BCUT2D eigenvalue weighted by molar-refractivity contribution is 8.01. The first kappa shape index (κ1) is 26.9. The van der Waals surface area contributed by atoms with Gasteiger partial charge in [-0.05, 0) is 62.6 Å². The number of carbonyl (C=O) groups excluding carboxylic acids is 1. The van der Waals surface area contributed by atoms with Gasteiger partial charge in [-0.15, -0.1) is 11.8 Å². The van der Waals surface area contributed by atoms with Crippen molar-refractivity contribution >= 4 is 29.3 Å². The molecule has 0 bridgehead atoms. The predicted octanol–water partition coefficient (Wildman–Crippen LogP) is 4.83. The maximum Gasteiger partial charge on any atom is 0.319 e. The van der Waals surface area contributed by atoms with Crippen LogP contribution >= 0.6 is 11.8 Å². The van der Waals surface area contributed by atoms with Crippen LogP contribution in [0.1, 0.15) is 38.4 Å². The summed E-state index contributed by atoms with van der Waals surface area (Å²) in [6, 6.07) is 13.6. The van der Waals surface area contributed by atoms with E-state index in [9.17, 15) is 18.7 Å². The van der Waals surface area contributed by atoms with Crippen molar-refractivity contribution in [2.24, 2.45) is 4.99 Å². The molecule has 0 aromatic heterocycles. The number of benzene rings is 2. The van der Waals surface area contributed by atoms with Gasteiger partial charge in [0.2, 0.25) is 0 Å². The van der Waals surface area contributed by atoms with Crippen molar-refractivity contribution in [3.05, 3.63) is 71.7 Å². The lowest BCUT2D eigenvalue weighted by Gasteiger charge is -2.35. The Kier molecular flexibility index (Phi) is 8.71. The topological polar surface area (TPSA) is 89.0 Å². The van der Waals surface area contributed by atoms with E-state index < -0.39 is 12.7 Å². The monoisotopic (exact) mass is 529 g/mol. The largest absolute Gasteiger partial charge is 0.395 e. The van der Waals surface area contributed by atoms with E-state index >= 15 is 0 Å². The van der Waals surface area contributed by atoms with Gasteiger partial charge in [0.05, 0.1) is 11.4 Å². The van der Waals surface area contributed by atoms with Crippen molar-refractivity contribution in [1.82, 2.24) is 15.5 Å². The van der Waals surface area contributed by atoms with Crippen LogP contribution in [-0.4, -0.2) is 59.0 Å². The van der Waals surface area contributed by atoms with Crippen molar-refractivity contribution in [1.29, 1.82) is 0 Å². The number of nitrogens with zero attached hydrogens (tertiary/aromatic N) is 2. The average molecular weight is 530 g/mol. The van der Waals surface area contributed by atoms with Crippen molar-refractivity contribution in [2.75, 3.05) is 31.7 Å². The standard InChI is InChI=1S/C27H33F2N5O2S/c1-18(2)34(14-15-35)24-17-23(27(10-11-27)37-22-5-3-4-20(29)16-22)32-25(33-24)19-6-8-21(9-7-19)31-26(36)30-13-12-28/h3-9,16-18,25,32,35H,10-15H2,1-2H3,(H2,30,31,36). The molecule has 7 nitrogen and oxygen atoms in total. The number of nitrogens with one attached hydrogen (secondary N) is 3. The van der Waals surface area contributed by atoms with Gasteiger partial charge in [-0.1, -0.05) is 18.2 Å². The third kappa shape index (κ3) is 6.81. The van der Waals surface area contributed by atoms with Crippen LogP contribution < -0.4 is 16.0 Å². The lowest BCUT2D eigenvalue weighted by Crippen LogP contribution is -2.42. The number of hydrogen-bond donors (Lipinski definition) is 4. The number of amidine groups is 1. The summed E-state index contributed by atoms with van der Waals surface area (Å²) in [6.07, 6.45) is 3.57. The molecule has 0 saturated heterocycles. The molecule has 2 aliphatic rings. The van der Waals surface area contributed by atoms with Gasteiger partial charge in [-0.2, -0.15) is 0 Å². The van der Waals surface area contributed by atoms with Crippen LogP contribution in [-0.2, 0) is 0 Å². The minimum absolute atomic E-state index is 0.00644. The number of alkyl halides is 1. The van der Waals surface area contributed by atoms with E-state index in [4.69, 9.17) is 4.99 Å². The number of aliphatic imine (C=N–C) groups is 1. The number of aliphatic hydroxyl groups is 1. The number of halogens is 2. The normalized spacial score (nSPS) is 17.9. The number of carbonyl (C=O) groups is 1. The van der Waals surface area contributed by atoms with Crippen LogP contribution in [0.5, 0.6) is 0 Å². The molecular weight excluding hydrogens is 496 g/mol. The van der Waals surface area contributed by atoms with Crippen molar-refractivity contribution in [3.8, 4) is 0 Å². The molecule has 37 heavy (non-hydrogen) atoms. The van der Waals surface area contributed by atoms with Crippen LogP contribution in [0.2, 0.25) is 0 Å². The number of anilines is 1. The Balaban J connectivity index is 1.59. The summed E-state index contributed by atoms with van der Waals surface area (Å²) >= 11 is 1.65. The van der Waals surface area contributed by atoms with E-state index in [-0.39, 0.29) is 35.9 Å². The van der Waals surface area contributed by atoms with E-state index in [1.54, 1.807) is 36.0 Å². The molecule has 4 rings (SSSR count). The minimum atomic E-state index is -0.626. The molecule has 198 valence electrons. The van der Waals surface area contributed by atoms with E-state index in [1.807, 2.05) is 18.2 Å². The Morgan fingerprint density at radius 2 is 2.03 bits per heavy atom. The van der Waals surface area contributed by atoms with Crippen LogP contribution in [0.4, 0.5) is 19.3 Å². The Morgan fingerprint density at radius 3 is 2.65 bits per heavy atom. The van der Waals surface area contributed by atoms with Crippen LogP contribution in [0.3, 0.4) is 0 Å².